The summed E-state index contributed by atoms with van der Waals surface area (Å²) >= 11 is 1.30. The van der Waals surface area contributed by atoms with Crippen LogP contribution in [0.3, 0.4) is 0 Å². The molecule has 1 N–H and O–H groups in total. The Morgan fingerprint density at radius 2 is 2.05 bits per heavy atom. The molecule has 1 rings (SSSR count). The maximum absolute atomic E-state index is 10.8. The van der Waals surface area contributed by atoms with Gasteiger partial charge in [-0.15, -0.1) is 0 Å². The van der Waals surface area contributed by atoms with Crippen molar-refractivity contribution in [2.75, 3.05) is 5.75 Å². The van der Waals surface area contributed by atoms with Crippen LogP contribution in [0, 0.1) is 5.92 Å². The molecule has 0 amide bonds. The average molecular weight is 298 g/mol. The van der Waals surface area contributed by atoms with Gasteiger partial charge in [0.2, 0.25) is 0 Å². The van der Waals surface area contributed by atoms with E-state index < -0.39 is 5.97 Å². The first-order chi connectivity index (χ1) is 9.18. The summed E-state index contributed by atoms with van der Waals surface area (Å²) in [4.78, 5) is 15.2. The fourth-order valence-electron chi connectivity index (χ4n) is 2.12. The Kier molecular flexibility index (Phi) is 5.68. The molecule has 0 saturated carbocycles. The van der Waals surface area contributed by atoms with E-state index in [1.807, 2.05) is 6.20 Å². The van der Waals surface area contributed by atoms with Gasteiger partial charge in [0, 0.05) is 23.3 Å². The van der Waals surface area contributed by atoms with E-state index >= 15 is 0 Å². The summed E-state index contributed by atoms with van der Waals surface area (Å²) < 4.78 is 2.22. The molecule has 0 aliphatic heterocycles. The Balaban J connectivity index is 3.19. The second-order valence-electron chi connectivity index (χ2n) is 6.35. The van der Waals surface area contributed by atoms with Gasteiger partial charge in [0.25, 0.3) is 0 Å². The van der Waals surface area contributed by atoms with Crippen molar-refractivity contribution in [2.24, 2.45) is 5.92 Å². The van der Waals surface area contributed by atoms with E-state index in [0.29, 0.717) is 12.0 Å². The lowest BCUT2D eigenvalue weighted by molar-refractivity contribution is -0.133. The van der Waals surface area contributed by atoms with E-state index in [-0.39, 0.29) is 11.2 Å². The predicted molar refractivity (Wildman–Crippen MR) is 83.5 cm³/mol. The Morgan fingerprint density at radius 3 is 2.50 bits per heavy atom. The molecule has 4 nitrogen and oxygen atoms in total. The zero-order valence-electron chi connectivity index (χ0n) is 13.3. The fourth-order valence-corrected chi connectivity index (χ4v) is 2.90. The molecule has 2 unspecified atom stereocenters. The SMILES string of the molecule is CCC(C)C(C)n1c(C(C)(C)C)cnc1SCC(=O)O. The highest BCUT2D eigenvalue weighted by atomic mass is 32.2. The van der Waals surface area contributed by atoms with Gasteiger partial charge in [-0.25, -0.2) is 4.98 Å². The normalized spacial score (nSPS) is 15.1. The monoisotopic (exact) mass is 298 g/mol. The predicted octanol–water partition coefficient (Wildman–Crippen LogP) is 3.96. The van der Waals surface area contributed by atoms with E-state index in [0.717, 1.165) is 17.3 Å². The molecular weight excluding hydrogens is 272 g/mol. The van der Waals surface area contributed by atoms with Crippen LogP contribution in [0.25, 0.3) is 0 Å². The molecule has 0 fully saturated rings. The Morgan fingerprint density at radius 1 is 1.45 bits per heavy atom. The highest BCUT2D eigenvalue weighted by Crippen LogP contribution is 2.33. The van der Waals surface area contributed by atoms with Crippen molar-refractivity contribution < 1.29 is 9.90 Å². The molecule has 0 bridgehead atoms. The summed E-state index contributed by atoms with van der Waals surface area (Å²) in [6.45, 7) is 13.1. The first-order valence-corrected chi connectivity index (χ1v) is 8.09. The van der Waals surface area contributed by atoms with E-state index in [4.69, 9.17) is 5.11 Å². The molecule has 114 valence electrons. The number of hydrogen-bond acceptors (Lipinski definition) is 3. The summed E-state index contributed by atoms with van der Waals surface area (Å²) in [6, 6.07) is 0.313. The van der Waals surface area contributed by atoms with E-state index in [2.05, 4.69) is 51.1 Å². The Hall–Kier alpha value is -0.970. The third-order valence-corrected chi connectivity index (χ3v) is 4.68. The molecule has 1 aromatic heterocycles. The number of carboxylic acid groups (broad SMARTS) is 1. The number of rotatable bonds is 6. The number of aliphatic carboxylic acids is 1. The lowest BCUT2D eigenvalue weighted by atomic mass is 9.91. The topological polar surface area (TPSA) is 55.1 Å². The van der Waals surface area contributed by atoms with Crippen molar-refractivity contribution in [2.45, 2.75) is 64.6 Å². The van der Waals surface area contributed by atoms with E-state index in [9.17, 15) is 4.79 Å². The Bertz CT molecular complexity index is 463. The van der Waals surface area contributed by atoms with Crippen molar-refractivity contribution in [1.29, 1.82) is 0 Å². The maximum atomic E-state index is 10.8. The fraction of sp³-hybridized carbons (Fsp3) is 0.733. The van der Waals surface area contributed by atoms with Crippen LogP contribution in [0.2, 0.25) is 0 Å². The van der Waals surface area contributed by atoms with Crippen LogP contribution < -0.4 is 0 Å². The largest absolute Gasteiger partial charge is 0.481 e. The molecule has 1 aromatic rings. The number of carboxylic acids is 1. The molecule has 20 heavy (non-hydrogen) atoms. The lowest BCUT2D eigenvalue weighted by Gasteiger charge is -2.29. The molecule has 2 atom stereocenters. The zero-order chi connectivity index (χ0) is 15.5. The third kappa shape index (κ3) is 4.01. The standard InChI is InChI=1S/C15H26N2O2S/c1-7-10(2)11(3)17-12(15(4,5)6)8-16-14(17)20-9-13(18)19/h8,10-11H,7,9H2,1-6H3,(H,18,19). The van der Waals surface area contributed by atoms with Gasteiger partial charge >= 0.3 is 5.97 Å². The van der Waals surface area contributed by atoms with E-state index in [1.54, 1.807) is 0 Å². The van der Waals surface area contributed by atoms with Crippen molar-refractivity contribution in [3.05, 3.63) is 11.9 Å². The van der Waals surface area contributed by atoms with Gasteiger partial charge in [-0.2, -0.15) is 0 Å². The van der Waals surface area contributed by atoms with Crippen LogP contribution >= 0.6 is 11.8 Å². The van der Waals surface area contributed by atoms with Gasteiger partial charge in [0.1, 0.15) is 0 Å². The molecule has 5 heteroatoms. The summed E-state index contributed by atoms with van der Waals surface area (Å²) in [5.41, 5.74) is 1.16. The van der Waals surface area contributed by atoms with Crippen LogP contribution in [0.15, 0.2) is 11.4 Å². The number of carbonyl (C=O) groups is 1. The minimum Gasteiger partial charge on any atom is -0.481 e. The second-order valence-corrected chi connectivity index (χ2v) is 7.30. The maximum Gasteiger partial charge on any atom is 0.313 e. The quantitative estimate of drug-likeness (QED) is 0.808. The van der Waals surface area contributed by atoms with Crippen molar-refractivity contribution in [3.63, 3.8) is 0 Å². The van der Waals surface area contributed by atoms with Gasteiger partial charge in [0.15, 0.2) is 5.16 Å². The number of aromatic nitrogens is 2. The molecule has 0 aliphatic carbocycles. The number of thioether (sulfide) groups is 1. The van der Waals surface area contributed by atoms with Crippen LogP contribution in [-0.4, -0.2) is 26.4 Å². The smallest absolute Gasteiger partial charge is 0.313 e. The van der Waals surface area contributed by atoms with Gasteiger partial charge in [-0.3, -0.25) is 4.79 Å². The number of hydrogen-bond donors (Lipinski definition) is 1. The molecule has 0 radical (unpaired) electrons. The van der Waals surface area contributed by atoms with Crippen LogP contribution in [0.4, 0.5) is 0 Å². The van der Waals surface area contributed by atoms with Crippen LogP contribution in [0.1, 0.15) is 59.7 Å². The van der Waals surface area contributed by atoms with Gasteiger partial charge in [0.05, 0.1) is 5.75 Å². The number of imidazole rings is 1. The molecule has 0 saturated heterocycles. The number of nitrogens with zero attached hydrogens (tertiary/aromatic N) is 2. The van der Waals surface area contributed by atoms with Crippen LogP contribution in [-0.2, 0) is 10.2 Å². The zero-order valence-corrected chi connectivity index (χ0v) is 14.1. The highest BCUT2D eigenvalue weighted by Gasteiger charge is 2.26. The highest BCUT2D eigenvalue weighted by molar-refractivity contribution is 7.99. The minimum absolute atomic E-state index is 0.00322. The molecular formula is C15H26N2O2S. The minimum atomic E-state index is -0.807. The van der Waals surface area contributed by atoms with E-state index in [1.165, 1.54) is 11.8 Å². The molecule has 0 aromatic carbocycles. The Labute approximate surface area is 126 Å². The van der Waals surface area contributed by atoms with Crippen molar-refractivity contribution in [1.82, 2.24) is 9.55 Å². The molecule has 1 heterocycles. The van der Waals surface area contributed by atoms with Crippen LogP contribution in [0.5, 0.6) is 0 Å². The lowest BCUT2D eigenvalue weighted by Crippen LogP contribution is -2.23. The summed E-state index contributed by atoms with van der Waals surface area (Å²) in [6.07, 6.45) is 2.98. The van der Waals surface area contributed by atoms with Gasteiger partial charge in [-0.1, -0.05) is 52.8 Å². The van der Waals surface area contributed by atoms with Crippen molar-refractivity contribution >= 4 is 17.7 Å². The molecule has 0 aliphatic rings. The van der Waals surface area contributed by atoms with Gasteiger partial charge < -0.3 is 9.67 Å². The average Bonchev–Trinajstić information content (AvgIpc) is 2.77. The summed E-state index contributed by atoms with van der Waals surface area (Å²) in [5, 5.41) is 9.68. The summed E-state index contributed by atoms with van der Waals surface area (Å²) in [7, 11) is 0. The van der Waals surface area contributed by atoms with Crippen molar-refractivity contribution in [3.8, 4) is 0 Å². The second kappa shape index (κ2) is 6.66. The summed E-state index contributed by atoms with van der Waals surface area (Å²) in [5.74, 6) is -0.235. The third-order valence-electron chi connectivity index (χ3n) is 3.73. The first-order valence-electron chi connectivity index (χ1n) is 7.10. The first kappa shape index (κ1) is 17.1. The van der Waals surface area contributed by atoms with Gasteiger partial charge in [-0.05, 0) is 12.8 Å². The molecule has 0 spiro atoms.